The number of aromatic amines is 1. The minimum atomic E-state index is -1.16. The number of methoxy groups -OCH3 is 1. The van der Waals surface area contributed by atoms with Crippen LogP contribution >= 0.6 is 11.6 Å². The molecule has 194 valence electrons. The van der Waals surface area contributed by atoms with E-state index in [-0.39, 0.29) is 33.9 Å². The molecule has 0 saturated carbocycles. The van der Waals surface area contributed by atoms with E-state index in [0.717, 1.165) is 17.0 Å². The van der Waals surface area contributed by atoms with Gasteiger partial charge >= 0.3 is 5.91 Å². The van der Waals surface area contributed by atoms with Crippen molar-refractivity contribution in [3.63, 3.8) is 0 Å². The maximum Gasteiger partial charge on any atom is 0.302 e. The second kappa shape index (κ2) is 9.79. The summed E-state index contributed by atoms with van der Waals surface area (Å²) < 4.78 is 38.5. The highest BCUT2D eigenvalue weighted by Crippen LogP contribution is 2.43. The molecule has 38 heavy (non-hydrogen) atoms. The zero-order chi connectivity index (χ0) is 27.1. The lowest BCUT2D eigenvalue weighted by molar-refractivity contribution is -0.132. The Morgan fingerprint density at radius 1 is 1.13 bits per heavy atom. The fourth-order valence-corrected chi connectivity index (χ4v) is 4.53. The molecule has 4 aromatic rings. The van der Waals surface area contributed by atoms with Crippen molar-refractivity contribution in [2.24, 2.45) is 0 Å². The zero-order valence-electron chi connectivity index (χ0n) is 20.1. The molecule has 1 unspecified atom stereocenters. The minimum absolute atomic E-state index is 0.0456. The van der Waals surface area contributed by atoms with Gasteiger partial charge in [-0.1, -0.05) is 23.7 Å². The molecule has 1 aliphatic rings. The first-order valence-corrected chi connectivity index (χ1v) is 11.8. The van der Waals surface area contributed by atoms with Crippen LogP contribution in [-0.2, 0) is 9.59 Å². The van der Waals surface area contributed by atoms with E-state index in [2.05, 4.69) is 9.97 Å². The molecule has 1 fully saturated rings. The number of hydrogen-bond acceptors (Lipinski definition) is 6. The molecular formula is C27H20ClF2N3O5. The Bertz CT molecular complexity index is 1600. The van der Waals surface area contributed by atoms with Gasteiger partial charge < -0.3 is 19.6 Å². The van der Waals surface area contributed by atoms with Crippen molar-refractivity contribution < 1.29 is 33.0 Å². The topological polar surface area (TPSA) is 105 Å². The maximum atomic E-state index is 13.8. The summed E-state index contributed by atoms with van der Waals surface area (Å²) in [6.07, 6.45) is 0. The van der Waals surface area contributed by atoms with Crippen LogP contribution in [0, 0.1) is 11.6 Å². The Morgan fingerprint density at radius 2 is 1.89 bits per heavy atom. The van der Waals surface area contributed by atoms with Crippen molar-refractivity contribution in [3.8, 4) is 11.5 Å². The van der Waals surface area contributed by atoms with Gasteiger partial charge in [0.15, 0.2) is 11.6 Å². The van der Waals surface area contributed by atoms with Gasteiger partial charge in [-0.25, -0.2) is 13.8 Å². The molecule has 3 aromatic carbocycles. The highest BCUT2D eigenvalue weighted by atomic mass is 35.5. The van der Waals surface area contributed by atoms with Gasteiger partial charge in [0, 0.05) is 17.7 Å². The van der Waals surface area contributed by atoms with Crippen LogP contribution in [0.2, 0.25) is 5.02 Å². The summed E-state index contributed by atoms with van der Waals surface area (Å²) in [5.41, 5.74) is 0.541. The second-order valence-electron chi connectivity index (χ2n) is 8.37. The Morgan fingerprint density at radius 3 is 2.63 bits per heavy atom. The number of benzene rings is 3. The molecule has 0 radical (unpaired) electrons. The summed E-state index contributed by atoms with van der Waals surface area (Å²) in [7, 11) is 1.46. The van der Waals surface area contributed by atoms with Gasteiger partial charge in [0.25, 0.3) is 5.78 Å². The molecule has 2 heterocycles. The van der Waals surface area contributed by atoms with Gasteiger partial charge in [0.05, 0.1) is 41.4 Å². The largest absolute Gasteiger partial charge is 0.507 e. The summed E-state index contributed by atoms with van der Waals surface area (Å²) in [5.74, 6) is -4.09. The van der Waals surface area contributed by atoms with Crippen LogP contribution < -0.4 is 14.4 Å². The molecule has 2 N–H and O–H groups in total. The van der Waals surface area contributed by atoms with Crippen LogP contribution in [0.25, 0.3) is 16.8 Å². The van der Waals surface area contributed by atoms with E-state index in [4.69, 9.17) is 21.1 Å². The van der Waals surface area contributed by atoms with Crippen molar-refractivity contribution in [1.29, 1.82) is 0 Å². The van der Waals surface area contributed by atoms with Crippen molar-refractivity contribution in [3.05, 3.63) is 88.0 Å². The van der Waals surface area contributed by atoms with Crippen molar-refractivity contribution >= 4 is 46.0 Å². The van der Waals surface area contributed by atoms with E-state index in [9.17, 15) is 23.5 Å². The number of ketones is 1. The molecule has 0 spiro atoms. The average molecular weight is 540 g/mol. The third kappa shape index (κ3) is 4.22. The molecule has 1 atom stereocenters. The number of carbonyl (C=O) groups is 2. The summed E-state index contributed by atoms with van der Waals surface area (Å²) in [5, 5.41) is 11.6. The maximum absolute atomic E-state index is 13.8. The second-order valence-corrected chi connectivity index (χ2v) is 8.78. The summed E-state index contributed by atoms with van der Waals surface area (Å²) >= 11 is 6.18. The quantitative estimate of drug-likeness (QED) is 0.190. The number of ether oxygens (including phenoxy) is 2. The third-order valence-electron chi connectivity index (χ3n) is 6.10. The van der Waals surface area contributed by atoms with E-state index in [1.165, 1.54) is 25.3 Å². The van der Waals surface area contributed by atoms with E-state index in [1.807, 2.05) is 0 Å². The zero-order valence-corrected chi connectivity index (χ0v) is 20.8. The average Bonchev–Trinajstić information content (AvgIpc) is 3.42. The van der Waals surface area contributed by atoms with Crippen LogP contribution in [0.15, 0.2) is 60.2 Å². The molecule has 11 heteroatoms. The number of halogens is 3. The fraction of sp³-hybridized carbons (Fsp3) is 0.148. The molecule has 1 amide bonds. The van der Waals surface area contributed by atoms with Crippen LogP contribution in [0.4, 0.5) is 14.7 Å². The standard InChI is InChI=1S/C27H20ClF2N3O5/c1-3-38-21-10-14(7-8-16(21)28)24(34)22-23(13-5-4-6-15(9-13)37-2)33(26(36)25(22)35)27-31-19-11-17(29)18(30)12-20(19)32-27/h4-12,23,34H,3H2,1-2H3,(H,31,32)/b24-22+. The third-order valence-corrected chi connectivity index (χ3v) is 6.41. The van der Waals surface area contributed by atoms with Crippen LogP contribution in [0.1, 0.15) is 24.1 Å². The molecular weight excluding hydrogens is 520 g/mol. The number of imidazole rings is 1. The first kappa shape index (κ1) is 25.2. The number of aliphatic hydroxyl groups excluding tert-OH is 1. The van der Waals surface area contributed by atoms with Gasteiger partial charge in [0.2, 0.25) is 5.95 Å². The van der Waals surface area contributed by atoms with E-state index in [0.29, 0.717) is 22.9 Å². The van der Waals surface area contributed by atoms with Gasteiger partial charge in [-0.2, -0.15) is 0 Å². The molecule has 0 bridgehead atoms. The number of rotatable bonds is 6. The van der Waals surface area contributed by atoms with E-state index >= 15 is 0 Å². The summed E-state index contributed by atoms with van der Waals surface area (Å²) in [6, 6.07) is 11.7. The number of fused-ring (bicyclic) bond motifs is 1. The van der Waals surface area contributed by atoms with E-state index in [1.54, 1.807) is 31.2 Å². The molecule has 1 aromatic heterocycles. The number of hydrogen-bond donors (Lipinski definition) is 2. The number of amides is 1. The first-order chi connectivity index (χ1) is 18.2. The minimum Gasteiger partial charge on any atom is -0.507 e. The molecule has 1 aliphatic heterocycles. The Balaban J connectivity index is 1.73. The van der Waals surface area contributed by atoms with Crippen LogP contribution in [0.5, 0.6) is 11.5 Å². The number of nitrogens with one attached hydrogen (secondary N) is 1. The highest BCUT2D eigenvalue weighted by molar-refractivity contribution is 6.51. The number of aliphatic hydroxyl groups is 1. The summed E-state index contributed by atoms with van der Waals surface area (Å²) in [4.78, 5) is 34.8. The normalized spacial score (nSPS) is 16.9. The molecule has 0 aliphatic carbocycles. The van der Waals surface area contributed by atoms with Crippen LogP contribution in [0.3, 0.4) is 0 Å². The van der Waals surface area contributed by atoms with Gasteiger partial charge in [-0.3, -0.25) is 14.5 Å². The Hall–Kier alpha value is -4.44. The predicted octanol–water partition coefficient (Wildman–Crippen LogP) is 5.53. The van der Waals surface area contributed by atoms with Crippen molar-refractivity contribution in [1.82, 2.24) is 9.97 Å². The molecule has 1 saturated heterocycles. The predicted molar refractivity (Wildman–Crippen MR) is 136 cm³/mol. The number of Topliss-reactive ketones (excluding diaryl/α,β-unsaturated/α-hetero) is 1. The Labute approximate surface area is 220 Å². The number of carbonyl (C=O) groups excluding carboxylic acids is 2. The van der Waals surface area contributed by atoms with E-state index < -0.39 is 35.1 Å². The lowest BCUT2D eigenvalue weighted by atomic mass is 9.95. The van der Waals surface area contributed by atoms with Crippen molar-refractivity contribution in [2.75, 3.05) is 18.6 Å². The number of aromatic nitrogens is 2. The molecule has 8 nitrogen and oxygen atoms in total. The first-order valence-electron chi connectivity index (χ1n) is 11.5. The van der Waals surface area contributed by atoms with Gasteiger partial charge in [-0.15, -0.1) is 0 Å². The SMILES string of the molecule is CCOc1cc(/C(O)=C2\C(=O)C(=O)N(c3nc4cc(F)c(F)cc4[nH]3)C2c2cccc(OC)c2)ccc1Cl. The van der Waals surface area contributed by atoms with Crippen molar-refractivity contribution in [2.45, 2.75) is 13.0 Å². The Kier molecular flexibility index (Phi) is 6.50. The number of anilines is 1. The smallest absolute Gasteiger partial charge is 0.302 e. The van der Waals surface area contributed by atoms with Gasteiger partial charge in [-0.05, 0) is 42.8 Å². The summed E-state index contributed by atoms with van der Waals surface area (Å²) in [6.45, 7) is 2.08. The number of H-pyrrole nitrogens is 1. The number of nitrogens with zero attached hydrogens (tertiary/aromatic N) is 2. The monoisotopic (exact) mass is 539 g/mol. The molecule has 5 rings (SSSR count). The lowest BCUT2D eigenvalue weighted by Crippen LogP contribution is -2.30. The van der Waals surface area contributed by atoms with Gasteiger partial charge in [0.1, 0.15) is 17.3 Å². The lowest BCUT2D eigenvalue weighted by Gasteiger charge is -2.23. The highest BCUT2D eigenvalue weighted by Gasteiger charge is 2.48. The fourth-order valence-electron chi connectivity index (χ4n) is 4.36. The van der Waals surface area contributed by atoms with Crippen LogP contribution in [-0.4, -0.2) is 40.5 Å².